The fraction of sp³-hybridized carbons (Fsp3) is 0.222. The first-order valence-electron chi connectivity index (χ1n) is 7.63. The van der Waals surface area contributed by atoms with Crippen molar-refractivity contribution in [3.05, 3.63) is 76.1 Å². The number of benzene rings is 2. The zero-order chi connectivity index (χ0) is 17.1. The molecule has 3 rings (SSSR count). The number of halogens is 1. The molecular formula is C18H18FN3O2. The molecule has 1 aromatic heterocycles. The molecule has 6 heteroatoms. The zero-order valence-electron chi connectivity index (χ0n) is 13.2. The van der Waals surface area contributed by atoms with Crippen LogP contribution < -0.4 is 5.56 Å². The predicted octanol–water partition coefficient (Wildman–Crippen LogP) is 2.23. The Labute approximate surface area is 138 Å². The number of hydrogen-bond donors (Lipinski definition) is 2. The van der Waals surface area contributed by atoms with Gasteiger partial charge in [-0.25, -0.2) is 9.37 Å². The molecule has 0 fully saturated rings. The number of aliphatic hydroxyl groups excluding tert-OH is 1. The molecule has 1 atom stereocenters. The number of aliphatic hydroxyl groups is 1. The van der Waals surface area contributed by atoms with Crippen LogP contribution in [0.15, 0.2) is 53.3 Å². The average molecular weight is 327 g/mol. The van der Waals surface area contributed by atoms with Gasteiger partial charge in [0.15, 0.2) is 0 Å². The number of aromatic amines is 1. The van der Waals surface area contributed by atoms with Crippen molar-refractivity contribution in [2.45, 2.75) is 12.6 Å². The lowest BCUT2D eigenvalue weighted by molar-refractivity contribution is 0.122. The van der Waals surface area contributed by atoms with Crippen LogP contribution in [0.4, 0.5) is 4.39 Å². The van der Waals surface area contributed by atoms with Gasteiger partial charge in [0.1, 0.15) is 11.6 Å². The third-order valence-corrected chi connectivity index (χ3v) is 3.82. The van der Waals surface area contributed by atoms with E-state index in [0.29, 0.717) is 35.4 Å². The molecule has 0 bridgehead atoms. The molecule has 0 aliphatic rings. The minimum Gasteiger partial charge on any atom is -0.387 e. The number of hydrogen-bond acceptors (Lipinski definition) is 4. The second-order valence-corrected chi connectivity index (χ2v) is 5.79. The third-order valence-electron chi connectivity index (χ3n) is 3.82. The Balaban J connectivity index is 1.71. The number of fused-ring (bicyclic) bond motifs is 1. The lowest BCUT2D eigenvalue weighted by Crippen LogP contribution is -2.26. The van der Waals surface area contributed by atoms with Crippen LogP contribution in [-0.2, 0) is 6.54 Å². The van der Waals surface area contributed by atoms with E-state index in [1.54, 1.807) is 30.3 Å². The van der Waals surface area contributed by atoms with E-state index in [0.717, 1.165) is 0 Å². The maximum absolute atomic E-state index is 12.9. The molecule has 5 nitrogen and oxygen atoms in total. The van der Waals surface area contributed by atoms with Crippen LogP contribution in [0.1, 0.15) is 17.5 Å². The maximum Gasteiger partial charge on any atom is 0.258 e. The SMILES string of the molecule is CN(Cc1nc2ccccc2c(=O)[nH]1)C[C@H](O)c1ccc(F)cc1. The van der Waals surface area contributed by atoms with Crippen LogP contribution in [0, 0.1) is 5.82 Å². The molecule has 0 aliphatic carbocycles. The van der Waals surface area contributed by atoms with E-state index in [4.69, 9.17) is 0 Å². The number of aromatic nitrogens is 2. The Morgan fingerprint density at radius 1 is 1.21 bits per heavy atom. The van der Waals surface area contributed by atoms with Crippen LogP contribution in [0.5, 0.6) is 0 Å². The van der Waals surface area contributed by atoms with Crippen LogP contribution in [0.3, 0.4) is 0 Å². The van der Waals surface area contributed by atoms with E-state index in [1.165, 1.54) is 12.1 Å². The number of H-pyrrole nitrogens is 1. The molecule has 2 aromatic carbocycles. The molecule has 0 aliphatic heterocycles. The number of likely N-dealkylation sites (N-methyl/N-ethyl adjacent to an activating group) is 1. The summed E-state index contributed by atoms with van der Waals surface area (Å²) in [6, 6.07) is 12.9. The standard InChI is InChI=1S/C18H18FN3O2/c1-22(10-16(23)12-6-8-13(19)9-7-12)11-17-20-15-5-3-2-4-14(15)18(24)21-17/h2-9,16,23H,10-11H2,1H3,(H,20,21,24)/t16-/m0/s1. The van der Waals surface area contributed by atoms with Gasteiger partial charge in [-0.2, -0.15) is 0 Å². The summed E-state index contributed by atoms with van der Waals surface area (Å²) in [5.41, 5.74) is 1.11. The molecule has 0 amide bonds. The molecular weight excluding hydrogens is 309 g/mol. The largest absolute Gasteiger partial charge is 0.387 e. The van der Waals surface area contributed by atoms with Gasteiger partial charge in [0.25, 0.3) is 5.56 Å². The highest BCUT2D eigenvalue weighted by Gasteiger charge is 2.12. The summed E-state index contributed by atoms with van der Waals surface area (Å²) in [5, 5.41) is 10.8. The Hall–Kier alpha value is -2.57. The summed E-state index contributed by atoms with van der Waals surface area (Å²) < 4.78 is 12.9. The van der Waals surface area contributed by atoms with Gasteiger partial charge < -0.3 is 10.1 Å². The quantitative estimate of drug-likeness (QED) is 0.754. The summed E-state index contributed by atoms with van der Waals surface area (Å²) in [7, 11) is 1.82. The molecule has 0 spiro atoms. The fourth-order valence-electron chi connectivity index (χ4n) is 2.62. The molecule has 124 valence electrons. The van der Waals surface area contributed by atoms with Crippen molar-refractivity contribution in [3.63, 3.8) is 0 Å². The van der Waals surface area contributed by atoms with Gasteiger partial charge in [-0.15, -0.1) is 0 Å². The number of nitrogens with one attached hydrogen (secondary N) is 1. The van der Waals surface area contributed by atoms with Gasteiger partial charge in [0.2, 0.25) is 0 Å². The van der Waals surface area contributed by atoms with Crippen molar-refractivity contribution in [3.8, 4) is 0 Å². The average Bonchev–Trinajstić information content (AvgIpc) is 2.55. The number of rotatable bonds is 5. The molecule has 24 heavy (non-hydrogen) atoms. The Kier molecular flexibility index (Phi) is 4.69. The highest BCUT2D eigenvalue weighted by Crippen LogP contribution is 2.15. The first kappa shape index (κ1) is 16.3. The zero-order valence-corrected chi connectivity index (χ0v) is 13.2. The first-order chi connectivity index (χ1) is 11.5. The highest BCUT2D eigenvalue weighted by molar-refractivity contribution is 5.77. The Morgan fingerprint density at radius 3 is 2.67 bits per heavy atom. The second kappa shape index (κ2) is 6.90. The highest BCUT2D eigenvalue weighted by atomic mass is 19.1. The van der Waals surface area contributed by atoms with Crippen LogP contribution >= 0.6 is 0 Å². The van der Waals surface area contributed by atoms with Gasteiger partial charge in [-0.1, -0.05) is 24.3 Å². The van der Waals surface area contributed by atoms with E-state index in [1.807, 2.05) is 18.0 Å². The summed E-state index contributed by atoms with van der Waals surface area (Å²) in [6.45, 7) is 0.723. The van der Waals surface area contributed by atoms with E-state index >= 15 is 0 Å². The minimum atomic E-state index is -0.747. The second-order valence-electron chi connectivity index (χ2n) is 5.79. The van der Waals surface area contributed by atoms with Crippen molar-refractivity contribution in [2.75, 3.05) is 13.6 Å². The number of para-hydroxylation sites is 1. The molecule has 0 unspecified atom stereocenters. The predicted molar refractivity (Wildman–Crippen MR) is 90.1 cm³/mol. The van der Waals surface area contributed by atoms with Gasteiger partial charge >= 0.3 is 0 Å². The Morgan fingerprint density at radius 2 is 1.92 bits per heavy atom. The lowest BCUT2D eigenvalue weighted by Gasteiger charge is -2.20. The van der Waals surface area contributed by atoms with Gasteiger partial charge in [-0.3, -0.25) is 9.69 Å². The van der Waals surface area contributed by atoms with Gasteiger partial charge in [0.05, 0.1) is 23.6 Å². The van der Waals surface area contributed by atoms with Crippen molar-refractivity contribution in [1.82, 2.24) is 14.9 Å². The maximum atomic E-state index is 12.9. The minimum absolute atomic E-state index is 0.178. The van der Waals surface area contributed by atoms with Gasteiger partial charge in [0, 0.05) is 6.54 Å². The molecule has 2 N–H and O–H groups in total. The van der Waals surface area contributed by atoms with Crippen LogP contribution in [0.2, 0.25) is 0 Å². The molecule has 0 radical (unpaired) electrons. The lowest BCUT2D eigenvalue weighted by atomic mass is 10.1. The topological polar surface area (TPSA) is 69.2 Å². The third kappa shape index (κ3) is 3.67. The smallest absolute Gasteiger partial charge is 0.258 e. The van der Waals surface area contributed by atoms with Crippen molar-refractivity contribution in [2.24, 2.45) is 0 Å². The van der Waals surface area contributed by atoms with E-state index in [-0.39, 0.29) is 11.4 Å². The monoisotopic (exact) mass is 327 g/mol. The summed E-state index contributed by atoms with van der Waals surface area (Å²) >= 11 is 0. The van der Waals surface area contributed by atoms with E-state index in [2.05, 4.69) is 9.97 Å². The normalized spacial score (nSPS) is 12.7. The van der Waals surface area contributed by atoms with Crippen molar-refractivity contribution in [1.29, 1.82) is 0 Å². The van der Waals surface area contributed by atoms with E-state index in [9.17, 15) is 14.3 Å². The molecule has 0 saturated heterocycles. The summed E-state index contributed by atoms with van der Waals surface area (Å²) in [6.07, 6.45) is -0.747. The summed E-state index contributed by atoms with van der Waals surface area (Å²) in [4.78, 5) is 21.1. The van der Waals surface area contributed by atoms with Crippen LogP contribution in [0.25, 0.3) is 10.9 Å². The molecule has 3 aromatic rings. The van der Waals surface area contributed by atoms with E-state index < -0.39 is 6.10 Å². The molecule has 0 saturated carbocycles. The Bertz CT molecular complexity index is 893. The molecule has 1 heterocycles. The van der Waals surface area contributed by atoms with Crippen molar-refractivity contribution < 1.29 is 9.50 Å². The summed E-state index contributed by atoms with van der Waals surface area (Å²) in [5.74, 6) is 0.199. The van der Waals surface area contributed by atoms with Crippen molar-refractivity contribution >= 4 is 10.9 Å². The number of nitrogens with zero attached hydrogens (tertiary/aromatic N) is 2. The first-order valence-corrected chi connectivity index (χ1v) is 7.63. The van der Waals surface area contributed by atoms with Gasteiger partial charge in [-0.05, 0) is 36.9 Å². The van der Waals surface area contributed by atoms with Crippen LogP contribution in [-0.4, -0.2) is 33.6 Å². The fourth-order valence-corrected chi connectivity index (χ4v) is 2.62.